The molecule has 0 saturated heterocycles. The first-order chi connectivity index (χ1) is 6.07. The van der Waals surface area contributed by atoms with Gasteiger partial charge in [-0.05, 0) is 6.42 Å². The third kappa shape index (κ3) is 6.03. The molecule has 0 aliphatic heterocycles. The Labute approximate surface area is 82.1 Å². The summed E-state index contributed by atoms with van der Waals surface area (Å²) in [5.74, 6) is -1.36. The second kappa shape index (κ2) is 6.36. The van der Waals surface area contributed by atoms with Crippen molar-refractivity contribution in [3.63, 3.8) is 0 Å². The maximum Gasteiger partial charge on any atom is 0.309 e. The van der Waals surface area contributed by atoms with Crippen molar-refractivity contribution in [1.82, 2.24) is 10.6 Å². The van der Waals surface area contributed by atoms with Crippen molar-refractivity contribution >= 4 is 29.0 Å². The van der Waals surface area contributed by atoms with E-state index in [2.05, 4.69) is 22.9 Å². The van der Waals surface area contributed by atoms with E-state index in [1.54, 1.807) is 0 Å². The zero-order valence-electron chi connectivity index (χ0n) is 7.42. The lowest BCUT2D eigenvalue weighted by Crippen LogP contribution is -2.42. The molecule has 0 aliphatic rings. The molecule has 0 aliphatic carbocycles. The molecule has 0 fully saturated rings. The lowest BCUT2D eigenvalue weighted by molar-refractivity contribution is -0.139. The first kappa shape index (κ1) is 11.8. The van der Waals surface area contributed by atoms with Gasteiger partial charge < -0.3 is 16.4 Å². The Kier molecular flexibility index (Phi) is 5.79. The van der Waals surface area contributed by atoms with Gasteiger partial charge in [0.15, 0.2) is 0 Å². The summed E-state index contributed by atoms with van der Waals surface area (Å²) < 4.78 is 0. The Morgan fingerprint density at radius 1 is 1.31 bits per heavy atom. The Hall–Kier alpha value is -1.17. The van der Waals surface area contributed by atoms with Crippen LogP contribution in [-0.2, 0) is 9.59 Å². The highest BCUT2D eigenvalue weighted by Gasteiger charge is 2.11. The monoisotopic (exact) mass is 203 g/mol. The zero-order valence-corrected chi connectivity index (χ0v) is 8.24. The number of hydrogen-bond acceptors (Lipinski definition) is 3. The van der Waals surface area contributed by atoms with Crippen molar-refractivity contribution < 1.29 is 9.59 Å². The van der Waals surface area contributed by atoms with Crippen molar-refractivity contribution in [3.8, 4) is 0 Å². The smallest absolute Gasteiger partial charge is 0.309 e. The number of carbonyl (C=O) groups is 2. The largest absolute Gasteiger partial charge is 0.392 e. The molecule has 0 unspecified atom stereocenters. The predicted octanol–water partition coefficient (Wildman–Crippen LogP) is -1.09. The number of nitrogens with two attached hydrogens (primary N) is 1. The molecule has 0 rings (SSSR count). The molecule has 74 valence electrons. The van der Waals surface area contributed by atoms with Crippen LogP contribution >= 0.6 is 12.2 Å². The van der Waals surface area contributed by atoms with Crippen LogP contribution in [0.25, 0.3) is 0 Å². The van der Waals surface area contributed by atoms with Gasteiger partial charge in [0.1, 0.15) is 0 Å². The molecule has 2 amide bonds. The van der Waals surface area contributed by atoms with Gasteiger partial charge >= 0.3 is 11.8 Å². The van der Waals surface area contributed by atoms with Gasteiger partial charge in [-0.3, -0.25) is 9.59 Å². The van der Waals surface area contributed by atoms with Crippen LogP contribution in [0.15, 0.2) is 0 Å². The molecule has 13 heavy (non-hydrogen) atoms. The summed E-state index contributed by atoms with van der Waals surface area (Å²) in [4.78, 5) is 22.0. The highest BCUT2D eigenvalue weighted by atomic mass is 32.1. The summed E-state index contributed by atoms with van der Waals surface area (Å²) in [5.41, 5.74) is 5.13. The Bertz CT molecular complexity index is 218. The fourth-order valence-electron chi connectivity index (χ4n) is 0.566. The molecule has 0 atom stereocenters. The highest BCUT2D eigenvalue weighted by molar-refractivity contribution is 7.80. The average Bonchev–Trinajstić information content (AvgIpc) is 2.10. The number of thiocarbonyl (C=S) groups is 1. The van der Waals surface area contributed by atoms with E-state index in [0.29, 0.717) is 6.54 Å². The Morgan fingerprint density at radius 3 is 2.31 bits per heavy atom. The molecular weight excluding hydrogens is 190 g/mol. The highest BCUT2D eigenvalue weighted by Crippen LogP contribution is 1.73. The van der Waals surface area contributed by atoms with E-state index in [9.17, 15) is 9.59 Å². The minimum absolute atomic E-state index is 0.0493. The van der Waals surface area contributed by atoms with Gasteiger partial charge in [0.05, 0.1) is 11.5 Å². The van der Waals surface area contributed by atoms with Crippen molar-refractivity contribution in [2.24, 2.45) is 5.73 Å². The summed E-state index contributed by atoms with van der Waals surface area (Å²) >= 11 is 4.52. The van der Waals surface area contributed by atoms with Gasteiger partial charge in [0.2, 0.25) is 0 Å². The fourth-order valence-corrected chi connectivity index (χ4v) is 0.639. The molecular formula is C7H13N3O2S. The number of nitrogens with one attached hydrogen (secondary N) is 2. The van der Waals surface area contributed by atoms with Crippen LogP contribution in [0.3, 0.4) is 0 Å². The van der Waals surface area contributed by atoms with Crippen molar-refractivity contribution in [2.45, 2.75) is 13.3 Å². The molecule has 0 aromatic rings. The first-order valence-electron chi connectivity index (χ1n) is 3.92. The lowest BCUT2D eigenvalue weighted by Gasteiger charge is -2.03. The second-order valence-electron chi connectivity index (χ2n) is 2.40. The molecule has 4 N–H and O–H groups in total. The molecule has 0 spiro atoms. The van der Waals surface area contributed by atoms with Crippen LogP contribution in [0.1, 0.15) is 13.3 Å². The van der Waals surface area contributed by atoms with Gasteiger partial charge in [-0.15, -0.1) is 0 Å². The quantitative estimate of drug-likeness (QED) is 0.400. The van der Waals surface area contributed by atoms with Crippen molar-refractivity contribution in [2.75, 3.05) is 13.1 Å². The standard InChI is InChI=1S/C7H13N3O2S/c1-2-3-9-6(11)7(12)10-4-5(8)13/h2-4H2,1H3,(H2,8,13)(H,9,11)(H,10,12). The third-order valence-corrected chi connectivity index (χ3v) is 1.31. The molecule has 0 heterocycles. The lowest BCUT2D eigenvalue weighted by atomic mass is 10.4. The minimum Gasteiger partial charge on any atom is -0.392 e. The second-order valence-corrected chi connectivity index (χ2v) is 2.93. The summed E-state index contributed by atoms with van der Waals surface area (Å²) in [5, 5.41) is 4.69. The molecule has 0 aromatic heterocycles. The van der Waals surface area contributed by atoms with E-state index in [4.69, 9.17) is 5.73 Å². The summed E-state index contributed by atoms with van der Waals surface area (Å²) in [6, 6.07) is 0. The van der Waals surface area contributed by atoms with Crippen molar-refractivity contribution in [3.05, 3.63) is 0 Å². The van der Waals surface area contributed by atoms with Crippen LogP contribution in [0.5, 0.6) is 0 Å². The number of hydrogen-bond donors (Lipinski definition) is 3. The number of rotatable bonds is 4. The zero-order chi connectivity index (χ0) is 10.3. The molecule has 5 nitrogen and oxygen atoms in total. The van der Waals surface area contributed by atoms with Crippen LogP contribution in [0.2, 0.25) is 0 Å². The summed E-state index contributed by atoms with van der Waals surface area (Å²) in [6.45, 7) is 2.43. The molecule has 0 radical (unpaired) electrons. The van der Waals surface area contributed by atoms with Gasteiger partial charge in [-0.25, -0.2) is 0 Å². The van der Waals surface area contributed by atoms with E-state index >= 15 is 0 Å². The first-order valence-corrected chi connectivity index (χ1v) is 4.33. The Morgan fingerprint density at radius 2 is 1.85 bits per heavy atom. The normalized spacial score (nSPS) is 9.00. The molecule has 0 saturated carbocycles. The van der Waals surface area contributed by atoms with E-state index in [1.165, 1.54) is 0 Å². The number of amides is 2. The fraction of sp³-hybridized carbons (Fsp3) is 0.571. The van der Waals surface area contributed by atoms with E-state index in [1.807, 2.05) is 6.92 Å². The average molecular weight is 203 g/mol. The Balaban J connectivity index is 3.70. The van der Waals surface area contributed by atoms with Crippen LogP contribution < -0.4 is 16.4 Å². The van der Waals surface area contributed by atoms with E-state index in [0.717, 1.165) is 6.42 Å². The van der Waals surface area contributed by atoms with Gasteiger partial charge in [-0.1, -0.05) is 19.1 Å². The van der Waals surface area contributed by atoms with Crippen LogP contribution in [0.4, 0.5) is 0 Å². The minimum atomic E-state index is -0.707. The summed E-state index contributed by atoms with van der Waals surface area (Å²) in [7, 11) is 0. The van der Waals surface area contributed by atoms with Crippen LogP contribution in [-0.4, -0.2) is 29.9 Å². The van der Waals surface area contributed by atoms with Gasteiger partial charge in [0.25, 0.3) is 0 Å². The number of carbonyl (C=O) groups excluding carboxylic acids is 2. The van der Waals surface area contributed by atoms with Crippen LogP contribution in [0, 0.1) is 0 Å². The summed E-state index contributed by atoms with van der Waals surface area (Å²) in [6.07, 6.45) is 0.786. The predicted molar refractivity (Wildman–Crippen MR) is 53.1 cm³/mol. The third-order valence-electron chi connectivity index (χ3n) is 1.16. The topological polar surface area (TPSA) is 84.2 Å². The van der Waals surface area contributed by atoms with E-state index in [-0.39, 0.29) is 11.5 Å². The maximum atomic E-state index is 10.9. The van der Waals surface area contributed by atoms with Crippen molar-refractivity contribution in [1.29, 1.82) is 0 Å². The van der Waals surface area contributed by atoms with Gasteiger partial charge in [-0.2, -0.15) is 0 Å². The van der Waals surface area contributed by atoms with E-state index < -0.39 is 11.8 Å². The van der Waals surface area contributed by atoms with Gasteiger partial charge in [0, 0.05) is 6.54 Å². The maximum absolute atomic E-state index is 10.9. The SMILES string of the molecule is CCCNC(=O)C(=O)NCC(N)=S. The molecule has 0 bridgehead atoms. The molecule has 6 heteroatoms. The molecule has 0 aromatic carbocycles.